The minimum Gasteiger partial charge on any atom is -0.454 e. The van der Waals surface area contributed by atoms with Gasteiger partial charge in [-0.05, 0) is 17.7 Å². The summed E-state index contributed by atoms with van der Waals surface area (Å²) in [5.74, 6) is 1.03. The van der Waals surface area contributed by atoms with E-state index < -0.39 is 6.04 Å². The summed E-state index contributed by atoms with van der Waals surface area (Å²) in [7, 11) is 0. The van der Waals surface area contributed by atoms with Gasteiger partial charge in [0.1, 0.15) is 6.04 Å². The van der Waals surface area contributed by atoms with E-state index in [-0.39, 0.29) is 12.7 Å². The number of hydrogen-bond acceptors (Lipinski definition) is 4. The maximum atomic E-state index is 12.1. The molecule has 2 aromatic rings. The van der Waals surface area contributed by atoms with Crippen molar-refractivity contribution in [1.82, 2.24) is 0 Å². The number of carbonyl (C=O) groups excluding carboxylic acids is 1. The van der Waals surface area contributed by atoms with E-state index in [2.05, 4.69) is 5.32 Å². The van der Waals surface area contributed by atoms with Crippen LogP contribution in [0.4, 0.5) is 5.69 Å². The number of fused-ring (bicyclic) bond motifs is 1. The summed E-state index contributed by atoms with van der Waals surface area (Å²) in [6, 6.07) is 13.8. The fourth-order valence-corrected chi connectivity index (χ4v) is 2.01. The van der Waals surface area contributed by atoms with Crippen LogP contribution in [-0.4, -0.2) is 12.7 Å². The number of hydrogen-bond donors (Lipinski definition) is 2. The van der Waals surface area contributed by atoms with Crippen molar-refractivity contribution in [3.05, 3.63) is 54.1 Å². The Balaban J connectivity index is 1.73. The lowest BCUT2D eigenvalue weighted by atomic mass is 10.1. The van der Waals surface area contributed by atoms with E-state index in [0.717, 1.165) is 5.56 Å². The summed E-state index contributed by atoms with van der Waals surface area (Å²) in [5, 5.41) is 2.77. The summed E-state index contributed by atoms with van der Waals surface area (Å²) in [5.41, 5.74) is 7.33. The van der Waals surface area contributed by atoms with Crippen LogP contribution in [0.2, 0.25) is 0 Å². The van der Waals surface area contributed by atoms with Gasteiger partial charge in [0.05, 0.1) is 0 Å². The molecule has 0 unspecified atom stereocenters. The van der Waals surface area contributed by atoms with Crippen LogP contribution in [0.3, 0.4) is 0 Å². The van der Waals surface area contributed by atoms with Gasteiger partial charge in [0.15, 0.2) is 11.5 Å². The minimum absolute atomic E-state index is 0.205. The van der Waals surface area contributed by atoms with Gasteiger partial charge in [0.2, 0.25) is 12.7 Å². The van der Waals surface area contributed by atoms with Crippen molar-refractivity contribution in [2.24, 2.45) is 5.73 Å². The molecule has 1 amide bonds. The first kappa shape index (κ1) is 12.5. The summed E-state index contributed by atoms with van der Waals surface area (Å²) in [4.78, 5) is 12.1. The van der Waals surface area contributed by atoms with Gasteiger partial charge in [-0.3, -0.25) is 4.79 Å². The average Bonchev–Trinajstić information content (AvgIpc) is 2.95. The zero-order valence-electron chi connectivity index (χ0n) is 10.7. The molecule has 0 radical (unpaired) electrons. The summed E-state index contributed by atoms with van der Waals surface area (Å²) < 4.78 is 10.5. The fourth-order valence-electron chi connectivity index (χ4n) is 2.01. The van der Waals surface area contributed by atoms with E-state index in [9.17, 15) is 4.79 Å². The van der Waals surface area contributed by atoms with Gasteiger partial charge in [-0.1, -0.05) is 30.3 Å². The van der Waals surface area contributed by atoms with Gasteiger partial charge in [-0.15, -0.1) is 0 Å². The molecule has 20 heavy (non-hydrogen) atoms. The zero-order chi connectivity index (χ0) is 13.9. The van der Waals surface area contributed by atoms with Gasteiger partial charge in [0, 0.05) is 11.8 Å². The molecule has 2 aromatic carbocycles. The highest BCUT2D eigenvalue weighted by atomic mass is 16.7. The van der Waals surface area contributed by atoms with Crippen LogP contribution in [0.25, 0.3) is 0 Å². The molecular weight excluding hydrogens is 256 g/mol. The quantitative estimate of drug-likeness (QED) is 0.895. The molecule has 0 spiro atoms. The molecule has 3 N–H and O–H groups in total. The van der Waals surface area contributed by atoms with Gasteiger partial charge in [0.25, 0.3) is 0 Å². The molecule has 0 saturated heterocycles. The molecule has 5 heteroatoms. The standard InChI is InChI=1S/C15H14N2O3/c16-14(10-4-2-1-3-5-10)15(18)17-11-6-7-12-13(8-11)20-9-19-12/h1-8,14H,9,16H2,(H,17,18)/t14-/m1/s1. The second-order valence-electron chi connectivity index (χ2n) is 4.45. The number of amides is 1. The second-order valence-corrected chi connectivity index (χ2v) is 4.45. The molecule has 1 aliphatic rings. The lowest BCUT2D eigenvalue weighted by molar-refractivity contribution is -0.117. The Kier molecular flexibility index (Phi) is 3.26. The van der Waals surface area contributed by atoms with Gasteiger partial charge >= 0.3 is 0 Å². The van der Waals surface area contributed by atoms with Gasteiger partial charge < -0.3 is 20.5 Å². The number of ether oxygens (including phenoxy) is 2. The Labute approximate surface area is 116 Å². The molecule has 0 aromatic heterocycles. The Morgan fingerprint density at radius 3 is 2.65 bits per heavy atom. The Morgan fingerprint density at radius 1 is 1.10 bits per heavy atom. The Morgan fingerprint density at radius 2 is 1.85 bits per heavy atom. The van der Waals surface area contributed by atoms with Crippen LogP contribution < -0.4 is 20.5 Å². The van der Waals surface area contributed by atoms with Crippen molar-refractivity contribution in [2.75, 3.05) is 12.1 Å². The third kappa shape index (κ3) is 2.44. The molecule has 102 valence electrons. The average molecular weight is 270 g/mol. The topological polar surface area (TPSA) is 73.6 Å². The van der Waals surface area contributed by atoms with E-state index in [1.54, 1.807) is 18.2 Å². The van der Waals surface area contributed by atoms with Crippen LogP contribution in [0.5, 0.6) is 11.5 Å². The van der Waals surface area contributed by atoms with Crippen molar-refractivity contribution in [3.8, 4) is 11.5 Å². The highest BCUT2D eigenvalue weighted by molar-refractivity contribution is 5.95. The van der Waals surface area contributed by atoms with Crippen molar-refractivity contribution >= 4 is 11.6 Å². The maximum Gasteiger partial charge on any atom is 0.245 e. The minimum atomic E-state index is -0.707. The Hall–Kier alpha value is -2.53. The lowest BCUT2D eigenvalue weighted by Gasteiger charge is -2.12. The molecule has 0 aliphatic carbocycles. The number of anilines is 1. The summed E-state index contributed by atoms with van der Waals surface area (Å²) in [6.07, 6.45) is 0. The summed E-state index contributed by atoms with van der Waals surface area (Å²) in [6.45, 7) is 0.205. The third-order valence-corrected chi connectivity index (χ3v) is 3.08. The third-order valence-electron chi connectivity index (χ3n) is 3.08. The number of nitrogens with one attached hydrogen (secondary N) is 1. The highest BCUT2D eigenvalue weighted by Crippen LogP contribution is 2.34. The van der Waals surface area contributed by atoms with E-state index in [0.29, 0.717) is 17.2 Å². The second kappa shape index (κ2) is 5.22. The number of benzene rings is 2. The van der Waals surface area contributed by atoms with Crippen molar-refractivity contribution in [3.63, 3.8) is 0 Å². The van der Waals surface area contributed by atoms with E-state index in [1.165, 1.54) is 0 Å². The Bertz CT molecular complexity index is 628. The van der Waals surface area contributed by atoms with Crippen LogP contribution in [-0.2, 0) is 4.79 Å². The smallest absolute Gasteiger partial charge is 0.245 e. The van der Waals surface area contributed by atoms with Crippen LogP contribution in [0, 0.1) is 0 Å². The van der Waals surface area contributed by atoms with E-state index in [4.69, 9.17) is 15.2 Å². The number of nitrogens with two attached hydrogens (primary N) is 1. The predicted molar refractivity (Wildman–Crippen MR) is 74.6 cm³/mol. The normalized spacial score (nSPS) is 13.8. The first-order chi connectivity index (χ1) is 9.74. The molecule has 1 atom stereocenters. The summed E-state index contributed by atoms with van der Waals surface area (Å²) >= 11 is 0. The van der Waals surface area contributed by atoms with Crippen molar-refractivity contribution < 1.29 is 14.3 Å². The maximum absolute atomic E-state index is 12.1. The molecule has 3 rings (SSSR count). The van der Waals surface area contributed by atoms with Gasteiger partial charge in [-0.2, -0.15) is 0 Å². The fraction of sp³-hybridized carbons (Fsp3) is 0.133. The molecule has 0 saturated carbocycles. The largest absolute Gasteiger partial charge is 0.454 e. The van der Waals surface area contributed by atoms with Crippen LogP contribution >= 0.6 is 0 Å². The van der Waals surface area contributed by atoms with Crippen LogP contribution in [0.15, 0.2) is 48.5 Å². The lowest BCUT2D eigenvalue weighted by Crippen LogP contribution is -2.27. The van der Waals surface area contributed by atoms with Gasteiger partial charge in [-0.25, -0.2) is 0 Å². The molecule has 1 heterocycles. The molecule has 5 nitrogen and oxygen atoms in total. The van der Waals surface area contributed by atoms with E-state index in [1.807, 2.05) is 30.3 Å². The predicted octanol–water partition coefficient (Wildman–Crippen LogP) is 2.05. The molecular formula is C15H14N2O3. The van der Waals surface area contributed by atoms with Crippen molar-refractivity contribution in [1.29, 1.82) is 0 Å². The first-order valence-electron chi connectivity index (χ1n) is 6.25. The number of carbonyl (C=O) groups is 1. The van der Waals surface area contributed by atoms with Crippen molar-refractivity contribution in [2.45, 2.75) is 6.04 Å². The highest BCUT2D eigenvalue weighted by Gasteiger charge is 2.18. The SMILES string of the molecule is N[C@@H](C(=O)Nc1ccc2c(c1)OCO2)c1ccccc1. The number of rotatable bonds is 3. The first-order valence-corrected chi connectivity index (χ1v) is 6.25. The molecule has 0 bridgehead atoms. The van der Waals surface area contributed by atoms with E-state index >= 15 is 0 Å². The molecule has 0 fully saturated rings. The monoisotopic (exact) mass is 270 g/mol. The van der Waals surface area contributed by atoms with Crippen LogP contribution in [0.1, 0.15) is 11.6 Å². The molecule has 1 aliphatic heterocycles. The zero-order valence-corrected chi connectivity index (χ0v) is 10.7.